The maximum atomic E-state index is 12.9. The lowest BCUT2D eigenvalue weighted by Gasteiger charge is -2.39. The molecule has 1 heterocycles. The Morgan fingerprint density at radius 1 is 1.20 bits per heavy atom. The minimum atomic E-state index is -1.91. The van der Waals surface area contributed by atoms with Crippen molar-refractivity contribution in [1.82, 2.24) is 4.90 Å². The molecular formula is C22H31NO7. The van der Waals surface area contributed by atoms with Crippen LogP contribution < -0.4 is 0 Å². The Labute approximate surface area is 177 Å². The van der Waals surface area contributed by atoms with Gasteiger partial charge >= 0.3 is 12.1 Å². The molecule has 2 rings (SSSR count). The highest BCUT2D eigenvalue weighted by Crippen LogP contribution is 2.34. The summed E-state index contributed by atoms with van der Waals surface area (Å²) in [5.74, 6) is -1.27. The van der Waals surface area contributed by atoms with Gasteiger partial charge in [0, 0.05) is 13.0 Å². The fraction of sp³-hybridized carbons (Fsp3) is 0.591. The monoisotopic (exact) mass is 421 g/mol. The molecule has 1 fully saturated rings. The molecule has 0 aliphatic carbocycles. The molecule has 1 aliphatic heterocycles. The largest absolute Gasteiger partial charge is 0.464 e. The number of rotatable bonds is 8. The van der Waals surface area contributed by atoms with Crippen LogP contribution in [-0.4, -0.2) is 59.9 Å². The number of likely N-dealkylation sites (tertiary alicyclic amines) is 1. The Hall–Kier alpha value is -2.45. The zero-order valence-electron chi connectivity index (χ0n) is 18.3. The predicted octanol–water partition coefficient (Wildman–Crippen LogP) is 3.08. The number of hydrogen-bond donors (Lipinski definition) is 0. The van der Waals surface area contributed by atoms with Gasteiger partial charge in [-0.3, -0.25) is 9.69 Å². The van der Waals surface area contributed by atoms with Crippen molar-refractivity contribution in [3.8, 4) is 0 Å². The Morgan fingerprint density at radius 3 is 2.47 bits per heavy atom. The summed E-state index contributed by atoms with van der Waals surface area (Å²) in [5, 5.41) is 0. The van der Waals surface area contributed by atoms with Crippen molar-refractivity contribution in [2.24, 2.45) is 0 Å². The second-order valence-electron chi connectivity index (χ2n) is 8.05. The highest BCUT2D eigenvalue weighted by molar-refractivity contribution is 6.13. The molecule has 8 nitrogen and oxygen atoms in total. The fourth-order valence-electron chi connectivity index (χ4n) is 3.36. The molecule has 8 heteroatoms. The summed E-state index contributed by atoms with van der Waals surface area (Å²) >= 11 is 0. The van der Waals surface area contributed by atoms with Crippen molar-refractivity contribution in [1.29, 1.82) is 0 Å². The van der Waals surface area contributed by atoms with E-state index >= 15 is 0 Å². The first kappa shape index (κ1) is 23.8. The highest BCUT2D eigenvalue weighted by atomic mass is 16.7. The first-order valence-electron chi connectivity index (χ1n) is 10.1. The molecule has 0 aromatic heterocycles. The zero-order chi connectivity index (χ0) is 22.4. The third kappa shape index (κ3) is 5.37. The van der Waals surface area contributed by atoms with Crippen molar-refractivity contribution >= 4 is 17.8 Å². The minimum absolute atomic E-state index is 0.0105. The number of hydrogen-bond acceptors (Lipinski definition) is 7. The predicted molar refractivity (Wildman–Crippen MR) is 109 cm³/mol. The van der Waals surface area contributed by atoms with E-state index in [0.29, 0.717) is 6.61 Å². The molecule has 0 bridgehead atoms. The van der Waals surface area contributed by atoms with Crippen molar-refractivity contribution in [3.63, 3.8) is 0 Å². The summed E-state index contributed by atoms with van der Waals surface area (Å²) in [7, 11) is 0. The maximum absolute atomic E-state index is 12.9. The van der Waals surface area contributed by atoms with Crippen LogP contribution in [0.5, 0.6) is 0 Å². The smallest absolute Gasteiger partial charge is 0.411 e. The van der Waals surface area contributed by atoms with Gasteiger partial charge in [-0.15, -0.1) is 0 Å². The van der Waals surface area contributed by atoms with Gasteiger partial charge in [-0.05, 0) is 40.2 Å². The van der Waals surface area contributed by atoms with E-state index < -0.39 is 35.1 Å². The topological polar surface area (TPSA) is 91.4 Å². The summed E-state index contributed by atoms with van der Waals surface area (Å²) in [4.78, 5) is 39.8. The number of benzene rings is 1. The molecule has 1 amide bonds. The van der Waals surface area contributed by atoms with Crippen LogP contribution in [0.4, 0.5) is 4.79 Å². The van der Waals surface area contributed by atoms with Crippen LogP contribution in [0.3, 0.4) is 0 Å². The first-order valence-corrected chi connectivity index (χ1v) is 10.1. The summed E-state index contributed by atoms with van der Waals surface area (Å²) in [6.07, 6.45) is -1.74. The molecule has 0 spiro atoms. The minimum Gasteiger partial charge on any atom is -0.464 e. The van der Waals surface area contributed by atoms with Crippen molar-refractivity contribution in [2.45, 2.75) is 64.9 Å². The average molecular weight is 421 g/mol. The van der Waals surface area contributed by atoms with E-state index in [4.69, 9.17) is 18.9 Å². The van der Waals surface area contributed by atoms with E-state index in [1.165, 1.54) is 0 Å². The normalized spacial score (nSPS) is 20.2. The number of ketones is 1. The molecule has 1 saturated heterocycles. The van der Waals surface area contributed by atoms with Gasteiger partial charge in [0.2, 0.25) is 5.54 Å². The molecule has 0 radical (unpaired) electrons. The second kappa shape index (κ2) is 10.0. The van der Waals surface area contributed by atoms with E-state index in [2.05, 4.69) is 0 Å². The van der Waals surface area contributed by atoms with E-state index in [9.17, 15) is 14.4 Å². The number of amides is 1. The highest BCUT2D eigenvalue weighted by Gasteiger charge is 2.62. The van der Waals surface area contributed by atoms with Gasteiger partial charge in [-0.1, -0.05) is 30.3 Å². The molecule has 1 aliphatic rings. The van der Waals surface area contributed by atoms with Gasteiger partial charge in [-0.2, -0.15) is 0 Å². The Kier molecular flexibility index (Phi) is 7.97. The van der Waals surface area contributed by atoms with Crippen molar-refractivity contribution in [2.75, 3.05) is 19.9 Å². The number of carbonyl (C=O) groups is 3. The summed E-state index contributed by atoms with van der Waals surface area (Å²) in [6, 6.07) is 9.52. The lowest BCUT2D eigenvalue weighted by molar-refractivity contribution is -0.177. The molecule has 0 N–H and O–H groups in total. The van der Waals surface area contributed by atoms with Crippen LogP contribution >= 0.6 is 0 Å². The molecule has 0 saturated carbocycles. The quantitative estimate of drug-likeness (QED) is 0.276. The van der Waals surface area contributed by atoms with Crippen LogP contribution in [0.2, 0.25) is 0 Å². The number of carbonyl (C=O) groups excluding carboxylic acids is 3. The number of nitrogens with zero attached hydrogens (tertiary/aromatic N) is 1. The maximum Gasteiger partial charge on any atom is 0.411 e. The van der Waals surface area contributed by atoms with Gasteiger partial charge in [0.15, 0.2) is 5.78 Å². The molecule has 30 heavy (non-hydrogen) atoms. The van der Waals surface area contributed by atoms with Crippen LogP contribution in [0.1, 0.15) is 46.6 Å². The summed E-state index contributed by atoms with van der Waals surface area (Å²) in [5.41, 5.74) is -1.73. The number of ether oxygens (including phenoxy) is 4. The molecule has 166 valence electrons. The third-order valence-electron chi connectivity index (χ3n) is 4.72. The number of Topliss-reactive ketones (excluding diaryl/α,β-unsaturated/α-hetero) is 1. The van der Waals surface area contributed by atoms with Gasteiger partial charge in [-0.25, -0.2) is 9.59 Å². The zero-order valence-corrected chi connectivity index (χ0v) is 18.3. The van der Waals surface area contributed by atoms with Gasteiger partial charge in [0.25, 0.3) is 0 Å². The van der Waals surface area contributed by atoms with Gasteiger partial charge in [0.1, 0.15) is 12.4 Å². The lowest BCUT2D eigenvalue weighted by Crippen LogP contribution is -2.65. The molecular weight excluding hydrogens is 390 g/mol. The average Bonchev–Trinajstić information content (AvgIpc) is 3.03. The molecule has 2 atom stereocenters. The van der Waals surface area contributed by atoms with E-state index in [-0.39, 0.29) is 26.4 Å². The van der Waals surface area contributed by atoms with Crippen molar-refractivity contribution in [3.05, 3.63) is 35.9 Å². The van der Waals surface area contributed by atoms with E-state index in [0.717, 1.165) is 10.5 Å². The second-order valence-corrected chi connectivity index (χ2v) is 8.05. The molecule has 1 aromatic rings. The Balaban J connectivity index is 2.17. The van der Waals surface area contributed by atoms with Crippen molar-refractivity contribution < 1.29 is 33.3 Å². The van der Waals surface area contributed by atoms with Crippen LogP contribution in [0.15, 0.2) is 30.3 Å². The number of esters is 1. The fourth-order valence-corrected chi connectivity index (χ4v) is 3.36. The molecule has 0 unspecified atom stereocenters. The summed E-state index contributed by atoms with van der Waals surface area (Å²) in [6.45, 7) is 8.60. The Morgan fingerprint density at radius 2 is 1.87 bits per heavy atom. The standard InChI is InChI=1S/C22H31NO7/c1-6-28-19(25)22(16(2)29-15-27-14-17-10-8-7-9-11-17)18(24)12-13-23(22)20(26)30-21(3,4)5/h7-11,16H,6,12-15H2,1-5H3/t16-,22+/m1/s1. The SMILES string of the molecule is CCOC(=O)[C@]1([C@@H](C)OCOCc2ccccc2)C(=O)CCN1C(=O)OC(C)(C)C. The molecule has 1 aromatic carbocycles. The van der Waals surface area contributed by atoms with E-state index in [1.807, 2.05) is 30.3 Å². The van der Waals surface area contributed by atoms with E-state index in [1.54, 1.807) is 34.6 Å². The Bertz CT molecular complexity index is 744. The van der Waals surface area contributed by atoms with Crippen LogP contribution in [0, 0.1) is 0 Å². The van der Waals surface area contributed by atoms with Crippen LogP contribution in [0.25, 0.3) is 0 Å². The van der Waals surface area contributed by atoms with Gasteiger partial charge < -0.3 is 18.9 Å². The van der Waals surface area contributed by atoms with Gasteiger partial charge in [0.05, 0.1) is 19.3 Å². The first-order chi connectivity index (χ1) is 14.1. The summed E-state index contributed by atoms with van der Waals surface area (Å²) < 4.78 is 21.8. The lowest BCUT2D eigenvalue weighted by atomic mass is 9.88. The van der Waals surface area contributed by atoms with Crippen LogP contribution in [-0.2, 0) is 35.1 Å². The third-order valence-corrected chi connectivity index (χ3v) is 4.72.